The summed E-state index contributed by atoms with van der Waals surface area (Å²) < 4.78 is 31.3. The highest BCUT2D eigenvalue weighted by Crippen LogP contribution is 2.24. The first kappa shape index (κ1) is 16.2. The average Bonchev–Trinajstić information content (AvgIpc) is 2.33. The lowest BCUT2D eigenvalue weighted by Gasteiger charge is -2.16. The van der Waals surface area contributed by atoms with Gasteiger partial charge in [0.15, 0.2) is 0 Å². The van der Waals surface area contributed by atoms with Gasteiger partial charge in [0.25, 0.3) is 10.1 Å². The molecule has 0 radical (unpaired) electrons. The Kier molecular flexibility index (Phi) is 6.52. The van der Waals surface area contributed by atoms with Crippen LogP contribution in [0.2, 0.25) is 0 Å². The van der Waals surface area contributed by atoms with Gasteiger partial charge in [-0.1, -0.05) is 62.4 Å². The summed E-state index contributed by atoms with van der Waals surface area (Å²) in [6.07, 6.45) is 5.26. The van der Waals surface area contributed by atoms with Crippen molar-refractivity contribution in [2.45, 2.75) is 51.9 Å². The molecule has 0 aromatic heterocycles. The van der Waals surface area contributed by atoms with E-state index in [1.54, 1.807) is 0 Å². The Morgan fingerprint density at radius 3 is 2.26 bits per heavy atom. The maximum absolute atomic E-state index is 11.1. The summed E-state index contributed by atoms with van der Waals surface area (Å²) >= 11 is 0. The second kappa shape index (κ2) is 7.65. The fourth-order valence-electron chi connectivity index (χ4n) is 2.26. The molecular formula is C15H24O3S. The van der Waals surface area contributed by atoms with Crippen LogP contribution >= 0.6 is 0 Å². The van der Waals surface area contributed by atoms with Crippen molar-refractivity contribution >= 4 is 10.1 Å². The molecule has 3 nitrogen and oxygen atoms in total. The quantitative estimate of drug-likeness (QED) is 0.581. The molecule has 0 heterocycles. The molecule has 1 N–H and O–H groups in total. The first-order valence-electron chi connectivity index (χ1n) is 6.94. The molecule has 4 heteroatoms. The van der Waals surface area contributed by atoms with Gasteiger partial charge in [0.2, 0.25) is 0 Å². The minimum absolute atomic E-state index is 0.104. The third-order valence-corrected chi connectivity index (χ3v) is 4.19. The fraction of sp³-hybridized carbons (Fsp3) is 0.600. The van der Waals surface area contributed by atoms with E-state index in [0.29, 0.717) is 0 Å². The highest BCUT2D eigenvalue weighted by molar-refractivity contribution is 7.85. The number of aryl methyl sites for hydroxylation is 1. The Morgan fingerprint density at radius 1 is 1.11 bits per heavy atom. The van der Waals surface area contributed by atoms with E-state index in [0.717, 1.165) is 36.8 Å². The summed E-state index contributed by atoms with van der Waals surface area (Å²) in [5.41, 5.74) is 2.15. The second-order valence-electron chi connectivity index (χ2n) is 5.21. The van der Waals surface area contributed by atoms with Gasteiger partial charge >= 0.3 is 0 Å². The molecule has 19 heavy (non-hydrogen) atoms. The molecule has 0 spiro atoms. The van der Waals surface area contributed by atoms with Crippen LogP contribution in [0.15, 0.2) is 24.3 Å². The van der Waals surface area contributed by atoms with Crippen LogP contribution in [0.4, 0.5) is 0 Å². The normalized spacial score (nSPS) is 13.4. The monoisotopic (exact) mass is 284 g/mol. The lowest BCUT2D eigenvalue weighted by Crippen LogP contribution is -2.14. The maximum Gasteiger partial charge on any atom is 0.265 e. The van der Waals surface area contributed by atoms with E-state index in [4.69, 9.17) is 4.55 Å². The smallest absolute Gasteiger partial charge is 0.265 e. The molecule has 0 fully saturated rings. The van der Waals surface area contributed by atoms with Crippen LogP contribution in [-0.4, -0.2) is 18.7 Å². The van der Waals surface area contributed by atoms with Gasteiger partial charge in [0.1, 0.15) is 0 Å². The molecule has 0 bridgehead atoms. The van der Waals surface area contributed by atoms with Crippen molar-refractivity contribution in [3.63, 3.8) is 0 Å². The topological polar surface area (TPSA) is 54.4 Å². The van der Waals surface area contributed by atoms with Crippen molar-refractivity contribution in [2.24, 2.45) is 0 Å². The number of hydrogen-bond acceptors (Lipinski definition) is 2. The van der Waals surface area contributed by atoms with Crippen molar-refractivity contribution in [3.8, 4) is 0 Å². The van der Waals surface area contributed by atoms with Crippen LogP contribution in [0.5, 0.6) is 0 Å². The molecule has 1 atom stereocenters. The van der Waals surface area contributed by atoms with Crippen LogP contribution < -0.4 is 0 Å². The summed E-state index contributed by atoms with van der Waals surface area (Å²) in [6, 6.07) is 7.90. The van der Waals surface area contributed by atoms with Crippen molar-refractivity contribution in [1.29, 1.82) is 0 Å². The van der Waals surface area contributed by atoms with Crippen molar-refractivity contribution < 1.29 is 13.0 Å². The number of hydrogen-bond donors (Lipinski definition) is 1. The number of unbranched alkanes of at least 4 members (excludes halogenated alkanes) is 3. The van der Waals surface area contributed by atoms with Gasteiger partial charge in [-0.2, -0.15) is 8.42 Å². The van der Waals surface area contributed by atoms with Crippen molar-refractivity contribution in [3.05, 3.63) is 35.4 Å². The molecule has 1 aromatic rings. The van der Waals surface area contributed by atoms with Crippen LogP contribution in [-0.2, 0) is 10.1 Å². The SMILES string of the molecule is CCCCCCC(CS(=O)(=O)O)c1ccc(C)cc1. The number of rotatable bonds is 8. The molecule has 0 amide bonds. The van der Waals surface area contributed by atoms with Crippen LogP contribution in [0.1, 0.15) is 56.1 Å². The second-order valence-corrected chi connectivity index (χ2v) is 6.70. The van der Waals surface area contributed by atoms with E-state index in [-0.39, 0.29) is 11.7 Å². The Balaban J connectivity index is 2.71. The molecule has 0 aliphatic heterocycles. The third kappa shape index (κ3) is 6.73. The first-order valence-corrected chi connectivity index (χ1v) is 8.55. The molecule has 1 rings (SSSR count). The third-order valence-electron chi connectivity index (χ3n) is 3.37. The van der Waals surface area contributed by atoms with Crippen LogP contribution in [0.25, 0.3) is 0 Å². The molecule has 0 saturated carbocycles. The van der Waals surface area contributed by atoms with Gasteiger partial charge < -0.3 is 0 Å². The summed E-state index contributed by atoms with van der Waals surface area (Å²) in [5.74, 6) is -0.283. The zero-order chi connectivity index (χ0) is 14.3. The predicted molar refractivity (Wildman–Crippen MR) is 79.1 cm³/mol. The molecule has 0 saturated heterocycles. The standard InChI is InChI=1S/C15H24O3S/c1-3-4-5-6-7-15(12-19(16,17)18)14-10-8-13(2)9-11-14/h8-11,15H,3-7,12H2,1-2H3,(H,16,17,18). The Labute approximate surface area is 116 Å². The summed E-state index contributed by atoms with van der Waals surface area (Å²) in [7, 11) is -3.92. The zero-order valence-corrected chi connectivity index (χ0v) is 12.6. The van der Waals surface area contributed by atoms with E-state index < -0.39 is 10.1 Å². The minimum Gasteiger partial charge on any atom is -0.286 e. The molecule has 1 aromatic carbocycles. The molecular weight excluding hydrogens is 260 g/mol. The Bertz CT molecular complexity index is 463. The summed E-state index contributed by atoms with van der Waals surface area (Å²) in [4.78, 5) is 0. The van der Waals surface area contributed by atoms with Crippen LogP contribution in [0, 0.1) is 6.92 Å². The molecule has 0 aliphatic rings. The van der Waals surface area contributed by atoms with Gasteiger partial charge in [0, 0.05) is 5.92 Å². The highest BCUT2D eigenvalue weighted by atomic mass is 32.2. The van der Waals surface area contributed by atoms with E-state index in [9.17, 15) is 8.42 Å². The van der Waals surface area contributed by atoms with Gasteiger partial charge in [-0.15, -0.1) is 0 Å². The van der Waals surface area contributed by atoms with Crippen molar-refractivity contribution in [1.82, 2.24) is 0 Å². The molecule has 1 unspecified atom stereocenters. The van der Waals surface area contributed by atoms with Gasteiger partial charge in [-0.3, -0.25) is 4.55 Å². The largest absolute Gasteiger partial charge is 0.286 e. The van der Waals surface area contributed by atoms with Gasteiger partial charge in [0.05, 0.1) is 5.75 Å². The average molecular weight is 284 g/mol. The van der Waals surface area contributed by atoms with E-state index >= 15 is 0 Å². The maximum atomic E-state index is 11.1. The first-order chi connectivity index (χ1) is 8.92. The van der Waals surface area contributed by atoms with Crippen LogP contribution in [0.3, 0.4) is 0 Å². The Hall–Kier alpha value is -0.870. The van der Waals surface area contributed by atoms with E-state index in [2.05, 4.69) is 6.92 Å². The fourth-order valence-corrected chi connectivity index (χ4v) is 3.12. The predicted octanol–water partition coefficient (Wildman–Crippen LogP) is 3.94. The summed E-state index contributed by atoms with van der Waals surface area (Å²) in [6.45, 7) is 4.15. The summed E-state index contributed by atoms with van der Waals surface area (Å²) in [5, 5.41) is 0. The lowest BCUT2D eigenvalue weighted by atomic mass is 9.94. The van der Waals surface area contributed by atoms with Crippen molar-refractivity contribution in [2.75, 3.05) is 5.75 Å². The zero-order valence-electron chi connectivity index (χ0n) is 11.8. The molecule has 108 valence electrons. The van der Waals surface area contributed by atoms with E-state index in [1.807, 2.05) is 31.2 Å². The lowest BCUT2D eigenvalue weighted by molar-refractivity contribution is 0.471. The number of benzene rings is 1. The van der Waals surface area contributed by atoms with Gasteiger partial charge in [-0.05, 0) is 18.9 Å². The highest BCUT2D eigenvalue weighted by Gasteiger charge is 2.18. The van der Waals surface area contributed by atoms with Gasteiger partial charge in [-0.25, -0.2) is 0 Å². The Morgan fingerprint density at radius 2 is 1.74 bits per heavy atom. The van der Waals surface area contributed by atoms with E-state index in [1.165, 1.54) is 6.42 Å². The minimum atomic E-state index is -3.92. The molecule has 0 aliphatic carbocycles.